The number of rotatable bonds is 3. The predicted molar refractivity (Wildman–Crippen MR) is 93.5 cm³/mol. The Morgan fingerprint density at radius 3 is 2.36 bits per heavy atom. The second-order valence-electron chi connectivity index (χ2n) is 6.86. The Bertz CT molecular complexity index is 602. The van der Waals surface area contributed by atoms with Gasteiger partial charge in [-0.3, -0.25) is 4.90 Å². The van der Waals surface area contributed by atoms with Crippen molar-refractivity contribution in [2.24, 2.45) is 11.8 Å². The zero-order valence-electron chi connectivity index (χ0n) is 13.2. The van der Waals surface area contributed by atoms with Gasteiger partial charge in [0.1, 0.15) is 0 Å². The van der Waals surface area contributed by atoms with Crippen LogP contribution in [0, 0.1) is 11.8 Å². The lowest BCUT2D eigenvalue weighted by Gasteiger charge is -2.29. The Morgan fingerprint density at radius 1 is 0.864 bits per heavy atom. The SMILES string of the molecule is C1=CC2CC(C=C1)C(c1ccccc1)=C2CN1CCCCC1. The first kappa shape index (κ1) is 14.0. The fourth-order valence-corrected chi connectivity index (χ4v) is 4.32. The Morgan fingerprint density at radius 2 is 1.59 bits per heavy atom. The van der Waals surface area contributed by atoms with E-state index in [0.717, 1.165) is 0 Å². The van der Waals surface area contributed by atoms with Gasteiger partial charge in [-0.2, -0.15) is 0 Å². The van der Waals surface area contributed by atoms with Crippen LogP contribution in [0.15, 0.2) is 60.2 Å². The first-order valence-corrected chi connectivity index (χ1v) is 8.77. The third-order valence-corrected chi connectivity index (χ3v) is 5.40. The first-order valence-electron chi connectivity index (χ1n) is 8.77. The second kappa shape index (κ2) is 6.26. The van der Waals surface area contributed by atoms with E-state index in [-0.39, 0.29) is 0 Å². The van der Waals surface area contributed by atoms with E-state index >= 15 is 0 Å². The minimum atomic E-state index is 0.599. The Hall–Kier alpha value is -1.60. The maximum atomic E-state index is 2.68. The third kappa shape index (κ3) is 2.70. The van der Waals surface area contributed by atoms with Crippen molar-refractivity contribution >= 4 is 5.57 Å². The van der Waals surface area contributed by atoms with Crippen molar-refractivity contribution in [2.45, 2.75) is 25.7 Å². The van der Waals surface area contributed by atoms with E-state index in [1.165, 1.54) is 50.9 Å². The molecule has 1 aliphatic heterocycles. The van der Waals surface area contributed by atoms with Gasteiger partial charge in [-0.05, 0) is 49.1 Å². The van der Waals surface area contributed by atoms with Gasteiger partial charge in [-0.25, -0.2) is 0 Å². The molecule has 0 N–H and O–H groups in total. The molecule has 0 radical (unpaired) electrons. The molecule has 1 aromatic carbocycles. The van der Waals surface area contributed by atoms with Crippen LogP contribution in [0.5, 0.6) is 0 Å². The van der Waals surface area contributed by atoms with E-state index in [4.69, 9.17) is 0 Å². The molecule has 2 aliphatic carbocycles. The molecule has 22 heavy (non-hydrogen) atoms. The molecule has 3 aliphatic rings. The lowest BCUT2D eigenvalue weighted by atomic mass is 9.92. The maximum Gasteiger partial charge on any atom is 0.0205 e. The minimum Gasteiger partial charge on any atom is -0.299 e. The molecule has 0 amide bonds. The van der Waals surface area contributed by atoms with E-state index in [9.17, 15) is 0 Å². The summed E-state index contributed by atoms with van der Waals surface area (Å²) in [5.74, 6) is 1.24. The zero-order chi connectivity index (χ0) is 14.8. The highest BCUT2D eigenvalue weighted by molar-refractivity contribution is 5.75. The Balaban J connectivity index is 1.71. The average Bonchev–Trinajstić information content (AvgIpc) is 2.73. The van der Waals surface area contributed by atoms with Gasteiger partial charge >= 0.3 is 0 Å². The normalized spacial score (nSPS) is 28.2. The molecule has 0 spiro atoms. The molecule has 114 valence electrons. The summed E-state index contributed by atoms with van der Waals surface area (Å²) in [5, 5.41) is 0. The quantitative estimate of drug-likeness (QED) is 0.781. The zero-order valence-corrected chi connectivity index (χ0v) is 13.2. The molecule has 1 fully saturated rings. The number of fused-ring (bicyclic) bond motifs is 2. The molecular weight excluding hydrogens is 266 g/mol. The van der Waals surface area contributed by atoms with Crippen molar-refractivity contribution in [1.82, 2.24) is 4.90 Å². The number of hydrogen-bond acceptors (Lipinski definition) is 1. The van der Waals surface area contributed by atoms with Crippen molar-refractivity contribution in [3.05, 3.63) is 65.8 Å². The molecule has 2 unspecified atom stereocenters. The molecule has 2 bridgehead atoms. The lowest BCUT2D eigenvalue weighted by Crippen LogP contribution is -2.32. The molecule has 1 saturated heterocycles. The van der Waals surface area contributed by atoms with E-state index in [2.05, 4.69) is 59.5 Å². The van der Waals surface area contributed by atoms with Gasteiger partial charge in [0.25, 0.3) is 0 Å². The predicted octanol–water partition coefficient (Wildman–Crippen LogP) is 4.69. The molecule has 1 aromatic rings. The van der Waals surface area contributed by atoms with Crippen LogP contribution >= 0.6 is 0 Å². The smallest absolute Gasteiger partial charge is 0.0205 e. The highest BCUT2D eigenvalue weighted by Crippen LogP contribution is 2.45. The van der Waals surface area contributed by atoms with Gasteiger partial charge in [0.2, 0.25) is 0 Å². The van der Waals surface area contributed by atoms with E-state index in [0.29, 0.717) is 11.8 Å². The van der Waals surface area contributed by atoms with Crippen molar-refractivity contribution in [2.75, 3.05) is 19.6 Å². The van der Waals surface area contributed by atoms with Gasteiger partial charge in [-0.15, -0.1) is 0 Å². The highest BCUT2D eigenvalue weighted by Gasteiger charge is 2.33. The summed E-state index contributed by atoms with van der Waals surface area (Å²) in [5.41, 5.74) is 4.72. The summed E-state index contributed by atoms with van der Waals surface area (Å²) in [6, 6.07) is 11.1. The summed E-state index contributed by atoms with van der Waals surface area (Å²) < 4.78 is 0. The fourth-order valence-electron chi connectivity index (χ4n) is 4.32. The number of allylic oxidation sites excluding steroid dienone is 5. The molecule has 2 atom stereocenters. The summed E-state index contributed by atoms with van der Waals surface area (Å²) in [6.07, 6.45) is 14.7. The Labute approximate surface area is 134 Å². The molecule has 0 saturated carbocycles. The van der Waals surface area contributed by atoms with Gasteiger partial charge < -0.3 is 0 Å². The summed E-state index contributed by atoms with van der Waals surface area (Å²) in [4.78, 5) is 2.68. The Kier molecular flexibility index (Phi) is 3.99. The standard InChI is InChI=1S/C21H25N/c1-3-9-17(10-4-1)21-19-12-6-5-11-18(15-19)20(21)16-22-13-7-2-8-14-22/h1,3-6,9-12,18-19H,2,7-8,13-16H2. The molecule has 1 nitrogen and oxygen atoms in total. The number of hydrogen-bond donors (Lipinski definition) is 0. The molecular formula is C21H25N. The number of likely N-dealkylation sites (tertiary alicyclic amines) is 1. The van der Waals surface area contributed by atoms with E-state index in [1.54, 1.807) is 11.1 Å². The topological polar surface area (TPSA) is 3.24 Å². The molecule has 4 rings (SSSR count). The number of piperidine rings is 1. The van der Waals surface area contributed by atoms with Crippen molar-refractivity contribution in [1.29, 1.82) is 0 Å². The number of benzene rings is 1. The summed E-state index contributed by atoms with van der Waals surface area (Å²) in [7, 11) is 0. The molecule has 0 aromatic heterocycles. The van der Waals surface area contributed by atoms with Crippen LogP contribution in [0.3, 0.4) is 0 Å². The monoisotopic (exact) mass is 291 g/mol. The largest absolute Gasteiger partial charge is 0.299 e. The lowest BCUT2D eigenvalue weighted by molar-refractivity contribution is 0.243. The second-order valence-corrected chi connectivity index (χ2v) is 6.86. The number of nitrogens with zero attached hydrogens (tertiary/aromatic N) is 1. The average molecular weight is 291 g/mol. The van der Waals surface area contributed by atoms with Crippen molar-refractivity contribution < 1.29 is 0 Å². The molecule has 1 heteroatoms. The van der Waals surface area contributed by atoms with Crippen LogP contribution in [0.2, 0.25) is 0 Å². The third-order valence-electron chi connectivity index (χ3n) is 5.40. The van der Waals surface area contributed by atoms with Crippen LogP contribution in [0.1, 0.15) is 31.2 Å². The van der Waals surface area contributed by atoms with E-state index in [1.807, 2.05) is 0 Å². The highest BCUT2D eigenvalue weighted by atomic mass is 15.1. The van der Waals surface area contributed by atoms with Crippen LogP contribution in [-0.4, -0.2) is 24.5 Å². The first-order chi connectivity index (χ1) is 10.9. The van der Waals surface area contributed by atoms with Gasteiger partial charge in [0, 0.05) is 18.4 Å². The van der Waals surface area contributed by atoms with E-state index < -0.39 is 0 Å². The van der Waals surface area contributed by atoms with Crippen LogP contribution < -0.4 is 0 Å². The van der Waals surface area contributed by atoms with Gasteiger partial charge in [0.05, 0.1) is 0 Å². The summed E-state index contributed by atoms with van der Waals surface area (Å²) >= 11 is 0. The maximum absolute atomic E-state index is 2.68. The van der Waals surface area contributed by atoms with Gasteiger partial charge in [0.15, 0.2) is 0 Å². The summed E-state index contributed by atoms with van der Waals surface area (Å²) in [6.45, 7) is 3.73. The van der Waals surface area contributed by atoms with Crippen molar-refractivity contribution in [3.63, 3.8) is 0 Å². The van der Waals surface area contributed by atoms with Crippen LogP contribution in [0.25, 0.3) is 5.57 Å². The fraction of sp³-hybridized carbons (Fsp3) is 0.429. The van der Waals surface area contributed by atoms with Gasteiger partial charge in [-0.1, -0.05) is 61.1 Å². The van der Waals surface area contributed by atoms with Crippen LogP contribution in [0.4, 0.5) is 0 Å². The van der Waals surface area contributed by atoms with Crippen molar-refractivity contribution in [3.8, 4) is 0 Å². The molecule has 1 heterocycles. The van der Waals surface area contributed by atoms with Crippen LogP contribution in [-0.2, 0) is 0 Å². The minimum absolute atomic E-state index is 0.599.